The molecule has 2 aliphatic rings. The van der Waals surface area contributed by atoms with Crippen LogP contribution in [-0.4, -0.2) is 46.4 Å². The summed E-state index contributed by atoms with van der Waals surface area (Å²) in [5, 5.41) is 12.3. The molecule has 1 aromatic rings. The van der Waals surface area contributed by atoms with Gasteiger partial charge in [0.25, 0.3) is 5.91 Å². The van der Waals surface area contributed by atoms with Gasteiger partial charge in [-0.15, -0.1) is 0 Å². The molecule has 0 radical (unpaired) electrons. The highest BCUT2D eigenvalue weighted by Gasteiger charge is 2.42. The second kappa shape index (κ2) is 7.43. The summed E-state index contributed by atoms with van der Waals surface area (Å²) in [5.41, 5.74) is 0.665. The van der Waals surface area contributed by atoms with Gasteiger partial charge in [-0.3, -0.25) is 19.7 Å². The van der Waals surface area contributed by atoms with Crippen LogP contribution in [0.15, 0.2) is 24.3 Å². The molecule has 146 valence electrons. The van der Waals surface area contributed by atoms with Gasteiger partial charge in [0.15, 0.2) is 0 Å². The van der Waals surface area contributed by atoms with Gasteiger partial charge in [-0.05, 0) is 62.6 Å². The molecule has 2 heterocycles. The maximum Gasteiger partial charge on any atom is 0.253 e. The molecule has 0 aliphatic carbocycles. The van der Waals surface area contributed by atoms with Crippen molar-refractivity contribution in [1.29, 1.82) is 0 Å². The number of aryl methyl sites for hydroxylation is 1. The summed E-state index contributed by atoms with van der Waals surface area (Å²) >= 11 is 0. The third kappa shape index (κ3) is 4.95. The normalized spacial score (nSPS) is 19.9. The molecule has 0 aromatic heterocycles. The first-order valence-corrected chi connectivity index (χ1v) is 9.59. The van der Waals surface area contributed by atoms with Crippen LogP contribution in [0.25, 0.3) is 0 Å². The van der Waals surface area contributed by atoms with Gasteiger partial charge in [-0.1, -0.05) is 12.1 Å². The number of imide groups is 1. The Morgan fingerprint density at radius 2 is 1.81 bits per heavy atom. The van der Waals surface area contributed by atoms with Gasteiger partial charge in [0.1, 0.15) is 0 Å². The minimum absolute atomic E-state index is 0.0125. The number of nitrogens with one attached hydrogen (secondary N) is 1. The molecule has 27 heavy (non-hydrogen) atoms. The SMILES string of the molecule is CC(C)(O)CCc1cccc(C(=O)N2CCC3(CC2)CC(=O)NC(=O)C3)c1. The predicted molar refractivity (Wildman–Crippen MR) is 101 cm³/mol. The van der Waals surface area contributed by atoms with Crippen molar-refractivity contribution >= 4 is 17.7 Å². The molecule has 6 heteroatoms. The van der Waals surface area contributed by atoms with Crippen LogP contribution in [0, 0.1) is 5.41 Å². The first kappa shape index (κ1) is 19.5. The molecule has 2 saturated heterocycles. The number of nitrogens with zero attached hydrogens (tertiary/aromatic N) is 1. The summed E-state index contributed by atoms with van der Waals surface area (Å²) in [6, 6.07) is 7.57. The molecule has 3 rings (SSSR count). The van der Waals surface area contributed by atoms with E-state index in [-0.39, 0.29) is 23.1 Å². The van der Waals surface area contributed by atoms with Crippen molar-refractivity contribution in [2.75, 3.05) is 13.1 Å². The van der Waals surface area contributed by atoms with Crippen molar-refractivity contribution in [3.8, 4) is 0 Å². The van der Waals surface area contributed by atoms with E-state index in [0.717, 1.165) is 5.56 Å². The molecule has 2 aliphatic heterocycles. The van der Waals surface area contributed by atoms with E-state index in [0.29, 0.717) is 57.2 Å². The van der Waals surface area contributed by atoms with Gasteiger partial charge in [-0.2, -0.15) is 0 Å². The number of benzene rings is 1. The average Bonchev–Trinajstić information content (AvgIpc) is 2.59. The lowest BCUT2D eigenvalue weighted by Gasteiger charge is -2.43. The third-order valence-corrected chi connectivity index (χ3v) is 5.66. The van der Waals surface area contributed by atoms with Gasteiger partial charge >= 0.3 is 0 Å². The summed E-state index contributed by atoms with van der Waals surface area (Å²) < 4.78 is 0. The fraction of sp³-hybridized carbons (Fsp3) is 0.571. The lowest BCUT2D eigenvalue weighted by molar-refractivity contribution is -0.139. The van der Waals surface area contributed by atoms with E-state index in [2.05, 4.69) is 5.32 Å². The Labute approximate surface area is 159 Å². The zero-order valence-corrected chi connectivity index (χ0v) is 16.1. The molecule has 1 aromatic carbocycles. The summed E-state index contributed by atoms with van der Waals surface area (Å²) in [7, 11) is 0. The quantitative estimate of drug-likeness (QED) is 0.792. The Kier molecular flexibility index (Phi) is 5.38. The van der Waals surface area contributed by atoms with E-state index < -0.39 is 5.60 Å². The average molecular weight is 372 g/mol. The maximum atomic E-state index is 12.9. The van der Waals surface area contributed by atoms with E-state index in [1.54, 1.807) is 13.8 Å². The Morgan fingerprint density at radius 3 is 2.41 bits per heavy atom. The number of hydrogen-bond donors (Lipinski definition) is 2. The van der Waals surface area contributed by atoms with Gasteiger partial charge in [0.05, 0.1) is 5.60 Å². The number of amides is 3. The zero-order chi connectivity index (χ0) is 19.7. The number of carbonyl (C=O) groups is 3. The first-order valence-electron chi connectivity index (χ1n) is 9.59. The molecular weight excluding hydrogens is 344 g/mol. The summed E-state index contributed by atoms with van der Waals surface area (Å²) in [6.45, 7) is 4.68. The molecular formula is C21H28N2O4. The highest BCUT2D eigenvalue weighted by Crippen LogP contribution is 2.40. The van der Waals surface area contributed by atoms with Crippen LogP contribution in [-0.2, 0) is 16.0 Å². The first-order chi connectivity index (χ1) is 12.7. The number of aliphatic hydroxyl groups is 1. The summed E-state index contributed by atoms with van der Waals surface area (Å²) in [4.78, 5) is 38.1. The number of likely N-dealkylation sites (tertiary alicyclic amines) is 1. The van der Waals surface area contributed by atoms with E-state index in [4.69, 9.17) is 0 Å². The Balaban J connectivity index is 1.62. The molecule has 0 unspecified atom stereocenters. The van der Waals surface area contributed by atoms with Crippen molar-refractivity contribution in [2.45, 2.75) is 58.0 Å². The smallest absolute Gasteiger partial charge is 0.253 e. The number of rotatable bonds is 4. The van der Waals surface area contributed by atoms with Crippen LogP contribution in [0.4, 0.5) is 0 Å². The predicted octanol–water partition coefficient (Wildman–Crippen LogP) is 2.05. The minimum atomic E-state index is -0.731. The van der Waals surface area contributed by atoms with Crippen LogP contribution in [0.1, 0.15) is 61.9 Å². The van der Waals surface area contributed by atoms with Crippen molar-refractivity contribution in [3.05, 3.63) is 35.4 Å². The third-order valence-electron chi connectivity index (χ3n) is 5.66. The van der Waals surface area contributed by atoms with Crippen molar-refractivity contribution in [2.24, 2.45) is 5.41 Å². The molecule has 0 bridgehead atoms. The van der Waals surface area contributed by atoms with Crippen LogP contribution >= 0.6 is 0 Å². The lowest BCUT2D eigenvalue weighted by Crippen LogP contribution is -2.50. The van der Waals surface area contributed by atoms with Gasteiger partial charge in [-0.25, -0.2) is 0 Å². The largest absolute Gasteiger partial charge is 0.390 e. The van der Waals surface area contributed by atoms with Gasteiger partial charge in [0, 0.05) is 31.5 Å². The van der Waals surface area contributed by atoms with E-state index in [9.17, 15) is 19.5 Å². The molecule has 2 N–H and O–H groups in total. The van der Waals surface area contributed by atoms with Crippen LogP contribution in [0.3, 0.4) is 0 Å². The molecule has 0 atom stereocenters. The molecule has 2 fully saturated rings. The molecule has 6 nitrogen and oxygen atoms in total. The second-order valence-corrected chi connectivity index (χ2v) is 8.63. The number of piperidine rings is 2. The van der Waals surface area contributed by atoms with E-state index >= 15 is 0 Å². The fourth-order valence-corrected chi connectivity index (χ4v) is 4.02. The van der Waals surface area contributed by atoms with Crippen LogP contribution in [0.5, 0.6) is 0 Å². The maximum absolute atomic E-state index is 12.9. The zero-order valence-electron chi connectivity index (χ0n) is 16.1. The van der Waals surface area contributed by atoms with Crippen molar-refractivity contribution in [3.63, 3.8) is 0 Å². The lowest BCUT2D eigenvalue weighted by atomic mass is 9.71. The summed E-state index contributed by atoms with van der Waals surface area (Å²) in [5.74, 6) is -0.419. The molecule has 0 saturated carbocycles. The second-order valence-electron chi connectivity index (χ2n) is 8.63. The highest BCUT2D eigenvalue weighted by atomic mass is 16.3. The highest BCUT2D eigenvalue weighted by molar-refractivity contribution is 5.98. The Hall–Kier alpha value is -2.21. The van der Waals surface area contributed by atoms with Crippen LogP contribution < -0.4 is 5.32 Å². The number of hydrogen-bond acceptors (Lipinski definition) is 4. The Bertz CT molecular complexity index is 725. The molecule has 3 amide bonds. The topological polar surface area (TPSA) is 86.7 Å². The minimum Gasteiger partial charge on any atom is -0.390 e. The summed E-state index contributed by atoms with van der Waals surface area (Å²) in [6.07, 6.45) is 3.44. The van der Waals surface area contributed by atoms with Crippen molar-refractivity contribution < 1.29 is 19.5 Å². The van der Waals surface area contributed by atoms with Crippen molar-refractivity contribution in [1.82, 2.24) is 10.2 Å². The van der Waals surface area contributed by atoms with Crippen LogP contribution in [0.2, 0.25) is 0 Å². The standard InChI is InChI=1S/C21H28N2O4/c1-20(2,27)7-6-15-4-3-5-16(12-15)19(26)23-10-8-21(9-11-23)13-17(24)22-18(25)14-21/h3-5,12,27H,6-11,13-14H2,1-2H3,(H,22,24,25). The van der Waals surface area contributed by atoms with E-state index in [1.807, 2.05) is 29.2 Å². The van der Waals surface area contributed by atoms with Gasteiger partial charge < -0.3 is 10.0 Å². The number of carbonyl (C=O) groups excluding carboxylic acids is 3. The van der Waals surface area contributed by atoms with E-state index in [1.165, 1.54) is 0 Å². The molecule has 1 spiro atoms. The van der Waals surface area contributed by atoms with Gasteiger partial charge in [0.2, 0.25) is 11.8 Å². The Morgan fingerprint density at radius 1 is 1.19 bits per heavy atom. The fourth-order valence-electron chi connectivity index (χ4n) is 4.02. The monoisotopic (exact) mass is 372 g/mol.